The number of morpholine rings is 1. The average Bonchev–Trinajstić information content (AvgIpc) is 2.85. The van der Waals surface area contributed by atoms with Gasteiger partial charge < -0.3 is 9.64 Å². The van der Waals surface area contributed by atoms with Crippen molar-refractivity contribution in [2.24, 2.45) is 7.05 Å². The van der Waals surface area contributed by atoms with Crippen LogP contribution in [0.3, 0.4) is 0 Å². The molecule has 0 radical (unpaired) electrons. The minimum atomic E-state index is -0.0348. The lowest BCUT2D eigenvalue weighted by Crippen LogP contribution is -2.43. The monoisotopic (exact) mass is 341 g/mol. The second-order valence-corrected chi connectivity index (χ2v) is 6.88. The molecule has 1 aliphatic rings. The summed E-state index contributed by atoms with van der Waals surface area (Å²) in [5.74, 6) is 0.192. The third kappa shape index (κ3) is 3.76. The molecular weight excluding hydrogens is 314 g/mol. The van der Waals surface area contributed by atoms with Gasteiger partial charge in [0.25, 0.3) is 0 Å². The predicted octanol–water partition coefficient (Wildman–Crippen LogP) is 2.88. The Bertz CT molecular complexity index is 766. The molecule has 1 aliphatic heterocycles. The largest absolute Gasteiger partial charge is 0.377 e. The Morgan fingerprint density at radius 1 is 1.32 bits per heavy atom. The van der Waals surface area contributed by atoms with E-state index in [9.17, 15) is 4.79 Å². The van der Waals surface area contributed by atoms with E-state index in [1.54, 1.807) is 0 Å². The van der Waals surface area contributed by atoms with Gasteiger partial charge in [0.05, 0.1) is 24.9 Å². The zero-order valence-electron chi connectivity index (χ0n) is 15.6. The Kier molecular flexibility index (Phi) is 5.23. The van der Waals surface area contributed by atoms with Gasteiger partial charge in [-0.05, 0) is 32.8 Å². The lowest BCUT2D eigenvalue weighted by molar-refractivity contribution is -0.140. The van der Waals surface area contributed by atoms with Gasteiger partial charge in [-0.15, -0.1) is 0 Å². The number of nitrogens with zero attached hydrogens (tertiary/aromatic N) is 3. The maximum absolute atomic E-state index is 12.9. The number of aryl methyl sites for hydroxylation is 4. The van der Waals surface area contributed by atoms with E-state index in [-0.39, 0.29) is 11.9 Å². The molecule has 1 atom stereocenters. The van der Waals surface area contributed by atoms with Gasteiger partial charge in [-0.25, -0.2) is 0 Å². The number of amides is 1. The van der Waals surface area contributed by atoms with Gasteiger partial charge in [0.15, 0.2) is 0 Å². The Morgan fingerprint density at radius 2 is 2.12 bits per heavy atom. The molecule has 5 nitrogen and oxygen atoms in total. The van der Waals surface area contributed by atoms with Gasteiger partial charge in [0, 0.05) is 31.3 Å². The first kappa shape index (κ1) is 17.7. The summed E-state index contributed by atoms with van der Waals surface area (Å²) in [5, 5.41) is 4.51. The summed E-state index contributed by atoms with van der Waals surface area (Å²) >= 11 is 0. The van der Waals surface area contributed by atoms with E-state index in [4.69, 9.17) is 4.74 Å². The smallest absolute Gasteiger partial charge is 0.223 e. The van der Waals surface area contributed by atoms with Crippen molar-refractivity contribution in [2.45, 2.75) is 39.7 Å². The molecule has 0 N–H and O–H groups in total. The van der Waals surface area contributed by atoms with Crippen molar-refractivity contribution in [2.75, 3.05) is 19.8 Å². The maximum Gasteiger partial charge on any atom is 0.223 e. The second-order valence-electron chi connectivity index (χ2n) is 6.88. The Labute approximate surface area is 149 Å². The lowest BCUT2D eigenvalue weighted by Gasteiger charge is -2.36. The van der Waals surface area contributed by atoms with Gasteiger partial charge in [-0.3, -0.25) is 9.48 Å². The number of ether oxygens (including phenoxy) is 1. The highest BCUT2D eigenvalue weighted by molar-refractivity contribution is 5.77. The first-order valence-corrected chi connectivity index (χ1v) is 8.90. The molecule has 2 heterocycles. The van der Waals surface area contributed by atoms with Gasteiger partial charge in [0.1, 0.15) is 0 Å². The molecule has 0 unspecified atom stereocenters. The van der Waals surface area contributed by atoms with Gasteiger partial charge in [0.2, 0.25) is 5.91 Å². The number of carbonyl (C=O) groups is 1. The van der Waals surface area contributed by atoms with Crippen molar-refractivity contribution in [1.29, 1.82) is 0 Å². The van der Waals surface area contributed by atoms with Crippen LogP contribution in [-0.4, -0.2) is 40.3 Å². The summed E-state index contributed by atoms with van der Waals surface area (Å²) in [6.07, 6.45) is 1.30. The first-order chi connectivity index (χ1) is 12.0. The number of carbonyl (C=O) groups excluding carboxylic acids is 1. The van der Waals surface area contributed by atoms with Crippen LogP contribution >= 0.6 is 0 Å². The topological polar surface area (TPSA) is 47.4 Å². The molecule has 2 aromatic rings. The zero-order valence-corrected chi connectivity index (χ0v) is 15.6. The van der Waals surface area contributed by atoms with Gasteiger partial charge in [-0.1, -0.05) is 29.8 Å². The Balaban J connectivity index is 1.75. The van der Waals surface area contributed by atoms with Crippen molar-refractivity contribution in [1.82, 2.24) is 14.7 Å². The molecule has 1 saturated heterocycles. The molecular formula is C20H27N3O2. The number of rotatable bonds is 4. The highest BCUT2D eigenvalue weighted by Crippen LogP contribution is 2.29. The van der Waals surface area contributed by atoms with Crippen LogP contribution in [-0.2, 0) is 23.0 Å². The molecule has 1 aromatic carbocycles. The van der Waals surface area contributed by atoms with Crippen LogP contribution < -0.4 is 0 Å². The highest BCUT2D eigenvalue weighted by atomic mass is 16.5. The summed E-state index contributed by atoms with van der Waals surface area (Å²) < 4.78 is 7.57. The van der Waals surface area contributed by atoms with Gasteiger partial charge in [-0.2, -0.15) is 5.10 Å². The summed E-state index contributed by atoms with van der Waals surface area (Å²) in [7, 11) is 1.94. The number of aromatic nitrogens is 2. The molecule has 1 amide bonds. The lowest BCUT2D eigenvalue weighted by atomic mass is 10.0. The van der Waals surface area contributed by atoms with E-state index in [1.807, 2.05) is 23.6 Å². The van der Waals surface area contributed by atoms with Crippen molar-refractivity contribution >= 4 is 5.91 Å². The van der Waals surface area contributed by atoms with Crippen LogP contribution in [0.2, 0.25) is 0 Å². The molecule has 0 saturated carbocycles. The fourth-order valence-corrected chi connectivity index (χ4v) is 3.68. The molecule has 0 aliphatic carbocycles. The molecule has 134 valence electrons. The van der Waals surface area contributed by atoms with Crippen LogP contribution in [0.5, 0.6) is 0 Å². The summed E-state index contributed by atoms with van der Waals surface area (Å²) in [4.78, 5) is 14.9. The molecule has 5 heteroatoms. The van der Waals surface area contributed by atoms with Crippen molar-refractivity contribution in [3.8, 4) is 0 Å². The standard InChI is InChI=1S/C20H27N3O2/c1-14-6-5-7-17(12-14)8-9-19(24)23-10-11-25-13-18(23)20-15(2)21-22(4)16(20)3/h5-7,12,18H,8-11,13H2,1-4H3/t18-/m1/s1. The first-order valence-electron chi connectivity index (χ1n) is 8.90. The molecule has 1 aromatic heterocycles. The predicted molar refractivity (Wildman–Crippen MR) is 97.5 cm³/mol. The maximum atomic E-state index is 12.9. The van der Waals surface area contributed by atoms with Crippen molar-refractivity contribution in [3.63, 3.8) is 0 Å². The summed E-state index contributed by atoms with van der Waals surface area (Å²) in [6, 6.07) is 8.34. The summed E-state index contributed by atoms with van der Waals surface area (Å²) in [5.41, 5.74) is 5.66. The normalized spacial score (nSPS) is 17.8. The van der Waals surface area contributed by atoms with Gasteiger partial charge >= 0.3 is 0 Å². The van der Waals surface area contributed by atoms with Crippen LogP contribution in [0.4, 0.5) is 0 Å². The number of hydrogen-bond donors (Lipinski definition) is 0. The van der Waals surface area contributed by atoms with E-state index in [1.165, 1.54) is 11.1 Å². The Morgan fingerprint density at radius 3 is 2.80 bits per heavy atom. The average molecular weight is 341 g/mol. The SMILES string of the molecule is Cc1cccc(CCC(=O)N2CCOC[C@@H]2c2c(C)nn(C)c2C)c1. The van der Waals surface area contributed by atoms with Crippen molar-refractivity contribution in [3.05, 3.63) is 52.3 Å². The molecule has 25 heavy (non-hydrogen) atoms. The molecule has 3 rings (SSSR count). The van der Waals surface area contributed by atoms with Crippen LogP contribution in [0.1, 0.15) is 40.5 Å². The highest BCUT2D eigenvalue weighted by Gasteiger charge is 2.32. The fourth-order valence-electron chi connectivity index (χ4n) is 3.68. The Hall–Kier alpha value is -2.14. The van der Waals surface area contributed by atoms with E-state index in [0.29, 0.717) is 26.2 Å². The molecule has 1 fully saturated rings. The van der Waals surface area contributed by atoms with Crippen molar-refractivity contribution < 1.29 is 9.53 Å². The van der Waals surface area contributed by atoms with Crippen LogP contribution in [0, 0.1) is 20.8 Å². The van der Waals surface area contributed by atoms with E-state index < -0.39 is 0 Å². The summed E-state index contributed by atoms with van der Waals surface area (Å²) in [6.45, 7) is 7.93. The minimum absolute atomic E-state index is 0.0348. The van der Waals surface area contributed by atoms with E-state index in [2.05, 4.69) is 43.2 Å². The zero-order chi connectivity index (χ0) is 18.0. The van der Waals surface area contributed by atoms with Crippen LogP contribution in [0.25, 0.3) is 0 Å². The molecule has 0 bridgehead atoms. The van der Waals surface area contributed by atoms with E-state index in [0.717, 1.165) is 23.4 Å². The third-order valence-corrected chi connectivity index (χ3v) is 5.06. The minimum Gasteiger partial charge on any atom is -0.377 e. The quantitative estimate of drug-likeness (QED) is 0.859. The number of benzene rings is 1. The second kappa shape index (κ2) is 7.40. The number of hydrogen-bond acceptors (Lipinski definition) is 3. The van der Waals surface area contributed by atoms with Crippen LogP contribution in [0.15, 0.2) is 24.3 Å². The third-order valence-electron chi connectivity index (χ3n) is 5.06. The fraction of sp³-hybridized carbons (Fsp3) is 0.500. The molecule has 0 spiro atoms. The van der Waals surface area contributed by atoms with E-state index >= 15 is 0 Å².